The second-order valence-corrected chi connectivity index (χ2v) is 4.71. The van der Waals surface area contributed by atoms with Gasteiger partial charge in [0.25, 0.3) is 5.88 Å². The van der Waals surface area contributed by atoms with Gasteiger partial charge in [-0.3, -0.25) is 0 Å². The summed E-state index contributed by atoms with van der Waals surface area (Å²) in [6.07, 6.45) is 1.10. The van der Waals surface area contributed by atoms with Crippen molar-refractivity contribution in [2.75, 3.05) is 11.9 Å². The molecule has 0 aliphatic carbocycles. The zero-order valence-corrected chi connectivity index (χ0v) is 11.9. The molecule has 0 radical (unpaired) electrons. The Morgan fingerprint density at radius 1 is 1.42 bits per heavy atom. The van der Waals surface area contributed by atoms with Crippen molar-refractivity contribution in [3.8, 4) is 5.88 Å². The molecular formula is C13H13BrFN3O. The zero-order valence-electron chi connectivity index (χ0n) is 10.4. The number of nitrogens with zero attached hydrogens (tertiary/aromatic N) is 2. The molecule has 4 nitrogen and oxygen atoms in total. The lowest BCUT2D eigenvalue weighted by atomic mass is 10.2. The van der Waals surface area contributed by atoms with Gasteiger partial charge in [0, 0.05) is 11.0 Å². The molecule has 0 amide bonds. The van der Waals surface area contributed by atoms with Gasteiger partial charge < -0.3 is 10.1 Å². The molecule has 0 saturated heterocycles. The van der Waals surface area contributed by atoms with Crippen LogP contribution in [-0.4, -0.2) is 16.5 Å². The summed E-state index contributed by atoms with van der Waals surface area (Å²) in [5.41, 5.74) is 0.928. The van der Waals surface area contributed by atoms with Crippen molar-refractivity contribution in [1.29, 1.82) is 0 Å². The van der Waals surface area contributed by atoms with E-state index < -0.39 is 5.82 Å². The standard InChI is InChI=1S/C13H13BrFN3O/c1-2-16-13-17-7-11(15)12(18-13)19-8-9-4-3-5-10(14)6-9/h3-7H,2,8H2,1H3,(H,16,17,18). The third-order valence-corrected chi connectivity index (χ3v) is 2.80. The van der Waals surface area contributed by atoms with Crippen LogP contribution >= 0.6 is 15.9 Å². The van der Waals surface area contributed by atoms with Crippen LogP contribution in [0.1, 0.15) is 12.5 Å². The minimum absolute atomic E-state index is 0.0501. The molecule has 2 rings (SSSR count). The average molecular weight is 326 g/mol. The van der Waals surface area contributed by atoms with E-state index in [-0.39, 0.29) is 12.5 Å². The van der Waals surface area contributed by atoms with Gasteiger partial charge in [-0.25, -0.2) is 4.98 Å². The molecule has 0 fully saturated rings. The smallest absolute Gasteiger partial charge is 0.255 e. The number of hydrogen-bond donors (Lipinski definition) is 1. The maximum atomic E-state index is 13.5. The summed E-state index contributed by atoms with van der Waals surface area (Å²) in [5, 5.41) is 2.91. The van der Waals surface area contributed by atoms with Gasteiger partial charge in [-0.15, -0.1) is 0 Å². The highest BCUT2D eigenvalue weighted by atomic mass is 79.9. The van der Waals surface area contributed by atoms with Gasteiger partial charge >= 0.3 is 0 Å². The first-order chi connectivity index (χ1) is 9.19. The van der Waals surface area contributed by atoms with Crippen LogP contribution in [-0.2, 0) is 6.61 Å². The molecule has 1 aromatic heterocycles. The molecule has 0 spiro atoms. The number of halogens is 2. The van der Waals surface area contributed by atoms with Gasteiger partial charge in [0.05, 0.1) is 6.20 Å². The summed E-state index contributed by atoms with van der Waals surface area (Å²) in [7, 11) is 0. The van der Waals surface area contributed by atoms with Gasteiger partial charge in [0.15, 0.2) is 0 Å². The van der Waals surface area contributed by atoms with E-state index in [9.17, 15) is 4.39 Å². The van der Waals surface area contributed by atoms with E-state index in [1.54, 1.807) is 0 Å². The molecule has 0 aliphatic rings. The van der Waals surface area contributed by atoms with Gasteiger partial charge in [0.1, 0.15) is 6.61 Å². The van der Waals surface area contributed by atoms with Crippen LogP contribution in [0.2, 0.25) is 0 Å². The second kappa shape index (κ2) is 6.47. The summed E-state index contributed by atoms with van der Waals surface area (Å²) in [5.74, 6) is -0.268. The van der Waals surface area contributed by atoms with Crippen molar-refractivity contribution in [3.63, 3.8) is 0 Å². The van der Waals surface area contributed by atoms with E-state index in [2.05, 4.69) is 31.2 Å². The molecule has 1 N–H and O–H groups in total. The molecule has 1 aromatic carbocycles. The average Bonchev–Trinajstić information content (AvgIpc) is 2.40. The summed E-state index contributed by atoms with van der Waals surface area (Å²) in [6.45, 7) is 2.82. The maximum Gasteiger partial charge on any atom is 0.255 e. The van der Waals surface area contributed by atoms with Crippen LogP contribution < -0.4 is 10.1 Å². The fraction of sp³-hybridized carbons (Fsp3) is 0.231. The topological polar surface area (TPSA) is 47.0 Å². The van der Waals surface area contributed by atoms with Crippen molar-refractivity contribution in [3.05, 3.63) is 46.3 Å². The van der Waals surface area contributed by atoms with E-state index in [0.717, 1.165) is 16.2 Å². The Balaban J connectivity index is 2.08. The molecule has 0 saturated carbocycles. The molecular weight excluding hydrogens is 313 g/mol. The van der Waals surface area contributed by atoms with Gasteiger partial charge in [-0.05, 0) is 24.6 Å². The van der Waals surface area contributed by atoms with E-state index in [1.165, 1.54) is 0 Å². The normalized spacial score (nSPS) is 10.3. The van der Waals surface area contributed by atoms with E-state index >= 15 is 0 Å². The number of benzene rings is 1. The summed E-state index contributed by atoms with van der Waals surface area (Å²) < 4.78 is 19.8. The van der Waals surface area contributed by atoms with Crippen molar-refractivity contribution >= 4 is 21.9 Å². The molecule has 2 aromatic rings. The number of aromatic nitrogens is 2. The fourth-order valence-electron chi connectivity index (χ4n) is 1.47. The zero-order chi connectivity index (χ0) is 13.7. The number of ether oxygens (including phenoxy) is 1. The minimum Gasteiger partial charge on any atom is -0.471 e. The molecule has 0 aliphatic heterocycles. The van der Waals surface area contributed by atoms with Crippen LogP contribution in [0.25, 0.3) is 0 Å². The van der Waals surface area contributed by atoms with Crippen LogP contribution in [0.4, 0.5) is 10.3 Å². The lowest BCUT2D eigenvalue weighted by Crippen LogP contribution is -2.06. The Kier molecular flexibility index (Phi) is 4.68. The lowest BCUT2D eigenvalue weighted by Gasteiger charge is -2.08. The number of anilines is 1. The lowest BCUT2D eigenvalue weighted by molar-refractivity contribution is 0.276. The van der Waals surface area contributed by atoms with Crippen LogP contribution in [0.3, 0.4) is 0 Å². The third kappa shape index (κ3) is 3.89. The first kappa shape index (κ1) is 13.7. The quantitative estimate of drug-likeness (QED) is 0.915. The molecule has 0 atom stereocenters. The maximum absolute atomic E-state index is 13.5. The Morgan fingerprint density at radius 2 is 2.26 bits per heavy atom. The van der Waals surface area contributed by atoms with Crippen molar-refractivity contribution in [2.24, 2.45) is 0 Å². The Bertz CT molecular complexity index is 565. The second-order valence-electron chi connectivity index (χ2n) is 3.80. The number of rotatable bonds is 5. The highest BCUT2D eigenvalue weighted by molar-refractivity contribution is 9.10. The molecule has 100 valence electrons. The first-order valence-electron chi connectivity index (χ1n) is 5.82. The molecule has 1 heterocycles. The molecule has 0 bridgehead atoms. The molecule has 19 heavy (non-hydrogen) atoms. The summed E-state index contributed by atoms with van der Waals surface area (Å²) in [4.78, 5) is 7.78. The number of nitrogens with one attached hydrogen (secondary N) is 1. The van der Waals surface area contributed by atoms with Gasteiger partial charge in [-0.1, -0.05) is 28.1 Å². The van der Waals surface area contributed by atoms with Crippen molar-refractivity contribution < 1.29 is 9.13 Å². The number of hydrogen-bond acceptors (Lipinski definition) is 4. The monoisotopic (exact) mass is 325 g/mol. The Labute approximate surface area is 119 Å². The van der Waals surface area contributed by atoms with E-state index in [1.807, 2.05) is 31.2 Å². The van der Waals surface area contributed by atoms with Crippen LogP contribution in [0, 0.1) is 5.82 Å². The summed E-state index contributed by atoms with van der Waals surface area (Å²) in [6, 6.07) is 7.61. The largest absolute Gasteiger partial charge is 0.471 e. The van der Waals surface area contributed by atoms with E-state index in [4.69, 9.17) is 4.74 Å². The Hall–Kier alpha value is -1.69. The van der Waals surface area contributed by atoms with E-state index in [0.29, 0.717) is 12.5 Å². The minimum atomic E-state index is -0.573. The van der Waals surface area contributed by atoms with Crippen molar-refractivity contribution in [2.45, 2.75) is 13.5 Å². The summed E-state index contributed by atoms with van der Waals surface area (Å²) >= 11 is 3.37. The molecule has 0 unspecified atom stereocenters. The first-order valence-corrected chi connectivity index (χ1v) is 6.62. The predicted octanol–water partition coefficient (Wildman–Crippen LogP) is 3.39. The van der Waals surface area contributed by atoms with Crippen LogP contribution in [0.15, 0.2) is 34.9 Å². The highest BCUT2D eigenvalue weighted by Crippen LogP contribution is 2.17. The van der Waals surface area contributed by atoms with Crippen LogP contribution in [0.5, 0.6) is 5.88 Å². The Morgan fingerprint density at radius 3 is 3.00 bits per heavy atom. The fourth-order valence-corrected chi connectivity index (χ4v) is 1.92. The highest BCUT2D eigenvalue weighted by Gasteiger charge is 2.08. The van der Waals surface area contributed by atoms with Gasteiger partial charge in [0.2, 0.25) is 11.8 Å². The third-order valence-electron chi connectivity index (χ3n) is 2.31. The predicted molar refractivity (Wildman–Crippen MR) is 74.6 cm³/mol. The molecule has 6 heteroatoms. The van der Waals surface area contributed by atoms with Gasteiger partial charge in [-0.2, -0.15) is 9.37 Å². The van der Waals surface area contributed by atoms with Crippen molar-refractivity contribution in [1.82, 2.24) is 9.97 Å². The SMILES string of the molecule is CCNc1ncc(F)c(OCc2cccc(Br)c2)n1.